The van der Waals surface area contributed by atoms with E-state index in [2.05, 4.69) is 41.9 Å². The van der Waals surface area contributed by atoms with Crippen molar-refractivity contribution < 1.29 is 4.79 Å². The quantitative estimate of drug-likeness (QED) is 0.705. The molecule has 0 aliphatic rings. The molecule has 0 heterocycles. The average Bonchev–Trinajstić information content (AvgIpc) is 2.37. The van der Waals surface area contributed by atoms with Crippen LogP contribution in [0.5, 0.6) is 0 Å². The second-order valence-electron chi connectivity index (χ2n) is 4.50. The molecule has 18 heavy (non-hydrogen) atoms. The first-order chi connectivity index (χ1) is 8.69. The SMILES string of the molecule is CCCN(CCBr)C(=O)CCc1ccccc1C. The fourth-order valence-corrected chi connectivity index (χ4v) is 2.45. The van der Waals surface area contributed by atoms with E-state index >= 15 is 0 Å². The van der Waals surface area contributed by atoms with Crippen LogP contribution in [-0.2, 0) is 11.2 Å². The Labute approximate surface area is 119 Å². The molecule has 0 aromatic heterocycles. The van der Waals surface area contributed by atoms with Gasteiger partial charge < -0.3 is 4.90 Å². The van der Waals surface area contributed by atoms with Crippen LogP contribution in [-0.4, -0.2) is 29.2 Å². The molecule has 0 bridgehead atoms. The summed E-state index contributed by atoms with van der Waals surface area (Å²) in [4.78, 5) is 14.1. The van der Waals surface area contributed by atoms with Crippen LogP contribution in [0.2, 0.25) is 0 Å². The highest BCUT2D eigenvalue weighted by Gasteiger charge is 2.12. The minimum absolute atomic E-state index is 0.263. The first kappa shape index (κ1) is 15.2. The highest BCUT2D eigenvalue weighted by molar-refractivity contribution is 9.09. The summed E-state index contributed by atoms with van der Waals surface area (Å²) in [5, 5.41) is 0.850. The number of alkyl halides is 1. The summed E-state index contributed by atoms with van der Waals surface area (Å²) in [6, 6.07) is 8.28. The molecule has 1 aromatic rings. The smallest absolute Gasteiger partial charge is 0.222 e. The monoisotopic (exact) mass is 311 g/mol. The molecule has 0 atom stereocenters. The highest BCUT2D eigenvalue weighted by atomic mass is 79.9. The number of rotatable bonds is 7. The standard InChI is InChI=1S/C15H22BrNO/c1-3-11-17(12-10-16)15(18)9-8-14-7-5-4-6-13(14)2/h4-7H,3,8-12H2,1-2H3. The molecule has 0 unspecified atom stereocenters. The van der Waals surface area contributed by atoms with Crippen LogP contribution in [0, 0.1) is 6.92 Å². The van der Waals surface area contributed by atoms with Gasteiger partial charge in [-0.3, -0.25) is 4.79 Å². The van der Waals surface area contributed by atoms with E-state index in [9.17, 15) is 4.79 Å². The highest BCUT2D eigenvalue weighted by Crippen LogP contribution is 2.10. The molecule has 0 fully saturated rings. The van der Waals surface area contributed by atoms with Gasteiger partial charge in [-0.25, -0.2) is 0 Å². The van der Waals surface area contributed by atoms with Gasteiger partial charge >= 0.3 is 0 Å². The molecule has 0 aliphatic heterocycles. The van der Waals surface area contributed by atoms with Crippen molar-refractivity contribution in [2.45, 2.75) is 33.1 Å². The Kier molecular flexibility index (Phi) is 7.02. The largest absolute Gasteiger partial charge is 0.342 e. The molecule has 2 nitrogen and oxygen atoms in total. The molecule has 3 heteroatoms. The molecule has 0 radical (unpaired) electrons. The van der Waals surface area contributed by atoms with E-state index in [0.29, 0.717) is 6.42 Å². The summed E-state index contributed by atoms with van der Waals surface area (Å²) in [5.74, 6) is 0.263. The third kappa shape index (κ3) is 4.81. The van der Waals surface area contributed by atoms with Gasteiger partial charge in [0.25, 0.3) is 0 Å². The molecular formula is C15H22BrNO. The first-order valence-corrected chi connectivity index (χ1v) is 7.69. The lowest BCUT2D eigenvalue weighted by Gasteiger charge is -2.21. The summed E-state index contributed by atoms with van der Waals surface area (Å²) >= 11 is 3.40. The zero-order valence-corrected chi connectivity index (χ0v) is 12.9. The predicted molar refractivity (Wildman–Crippen MR) is 80.2 cm³/mol. The van der Waals surface area contributed by atoms with E-state index in [1.54, 1.807) is 0 Å². The molecule has 0 N–H and O–H groups in total. The average molecular weight is 312 g/mol. The molecule has 0 aliphatic carbocycles. The van der Waals surface area contributed by atoms with E-state index in [-0.39, 0.29) is 5.91 Å². The maximum absolute atomic E-state index is 12.1. The number of hydrogen-bond donors (Lipinski definition) is 0. The number of carbonyl (C=O) groups is 1. The minimum atomic E-state index is 0.263. The van der Waals surface area contributed by atoms with Gasteiger partial charge in [0.15, 0.2) is 0 Å². The first-order valence-electron chi connectivity index (χ1n) is 6.57. The van der Waals surface area contributed by atoms with Gasteiger partial charge in [-0.1, -0.05) is 47.1 Å². The van der Waals surface area contributed by atoms with Gasteiger partial charge in [0.1, 0.15) is 0 Å². The minimum Gasteiger partial charge on any atom is -0.342 e. The lowest BCUT2D eigenvalue weighted by atomic mass is 10.0. The molecule has 0 spiro atoms. The maximum atomic E-state index is 12.1. The topological polar surface area (TPSA) is 20.3 Å². The van der Waals surface area contributed by atoms with Crippen LogP contribution >= 0.6 is 15.9 Å². The van der Waals surface area contributed by atoms with Crippen molar-refractivity contribution in [1.29, 1.82) is 0 Å². The molecule has 100 valence electrons. The van der Waals surface area contributed by atoms with Crippen LogP contribution in [0.3, 0.4) is 0 Å². The molecule has 0 saturated carbocycles. The van der Waals surface area contributed by atoms with Crippen LogP contribution in [0.25, 0.3) is 0 Å². The lowest BCUT2D eigenvalue weighted by Crippen LogP contribution is -2.33. The summed E-state index contributed by atoms with van der Waals surface area (Å²) in [6.45, 7) is 5.87. The van der Waals surface area contributed by atoms with Crippen LogP contribution in [0.15, 0.2) is 24.3 Å². The Hall–Kier alpha value is -0.830. The van der Waals surface area contributed by atoms with Crippen molar-refractivity contribution in [2.75, 3.05) is 18.4 Å². The zero-order chi connectivity index (χ0) is 13.4. The van der Waals surface area contributed by atoms with Crippen LogP contribution in [0.1, 0.15) is 30.9 Å². The number of amides is 1. The van der Waals surface area contributed by atoms with E-state index in [1.165, 1.54) is 11.1 Å². The van der Waals surface area contributed by atoms with Crippen molar-refractivity contribution in [3.05, 3.63) is 35.4 Å². The van der Waals surface area contributed by atoms with E-state index in [4.69, 9.17) is 0 Å². The fourth-order valence-electron chi connectivity index (χ4n) is 2.02. The number of carbonyl (C=O) groups excluding carboxylic acids is 1. The van der Waals surface area contributed by atoms with Crippen molar-refractivity contribution in [3.8, 4) is 0 Å². The van der Waals surface area contributed by atoms with E-state index in [1.807, 2.05) is 17.0 Å². The van der Waals surface area contributed by atoms with Crippen molar-refractivity contribution in [2.24, 2.45) is 0 Å². The lowest BCUT2D eigenvalue weighted by molar-refractivity contribution is -0.130. The fraction of sp³-hybridized carbons (Fsp3) is 0.533. The molecule has 1 rings (SSSR count). The van der Waals surface area contributed by atoms with Crippen molar-refractivity contribution in [3.63, 3.8) is 0 Å². The Morgan fingerprint density at radius 3 is 2.61 bits per heavy atom. The third-order valence-corrected chi connectivity index (χ3v) is 3.42. The molecule has 1 amide bonds. The second-order valence-corrected chi connectivity index (χ2v) is 5.29. The van der Waals surface area contributed by atoms with Gasteiger partial charge in [0.2, 0.25) is 5.91 Å². The van der Waals surface area contributed by atoms with Gasteiger partial charge in [0.05, 0.1) is 0 Å². The number of halogens is 1. The number of hydrogen-bond acceptors (Lipinski definition) is 1. The summed E-state index contributed by atoms with van der Waals surface area (Å²) < 4.78 is 0. The van der Waals surface area contributed by atoms with Crippen LogP contribution in [0.4, 0.5) is 0 Å². The third-order valence-electron chi connectivity index (χ3n) is 3.07. The molecule has 1 aromatic carbocycles. The van der Waals surface area contributed by atoms with Crippen LogP contribution < -0.4 is 0 Å². The Balaban J connectivity index is 2.51. The normalized spacial score (nSPS) is 10.4. The van der Waals surface area contributed by atoms with Gasteiger partial charge in [-0.05, 0) is 30.9 Å². The Morgan fingerprint density at radius 2 is 2.00 bits per heavy atom. The maximum Gasteiger partial charge on any atom is 0.222 e. The van der Waals surface area contributed by atoms with Gasteiger partial charge in [0, 0.05) is 24.8 Å². The molecular weight excluding hydrogens is 290 g/mol. The Bertz CT molecular complexity index is 373. The Morgan fingerprint density at radius 1 is 1.28 bits per heavy atom. The van der Waals surface area contributed by atoms with E-state index < -0.39 is 0 Å². The van der Waals surface area contributed by atoms with Gasteiger partial charge in [-0.2, -0.15) is 0 Å². The van der Waals surface area contributed by atoms with Crippen molar-refractivity contribution in [1.82, 2.24) is 4.90 Å². The predicted octanol–water partition coefficient (Wildman–Crippen LogP) is 3.56. The van der Waals surface area contributed by atoms with Crippen molar-refractivity contribution >= 4 is 21.8 Å². The second kappa shape index (κ2) is 8.30. The van der Waals surface area contributed by atoms with E-state index in [0.717, 1.165) is 31.3 Å². The number of aryl methyl sites for hydroxylation is 2. The number of nitrogens with zero attached hydrogens (tertiary/aromatic N) is 1. The summed E-state index contributed by atoms with van der Waals surface area (Å²) in [5.41, 5.74) is 2.55. The summed E-state index contributed by atoms with van der Waals surface area (Å²) in [6.07, 6.45) is 2.47. The summed E-state index contributed by atoms with van der Waals surface area (Å²) in [7, 11) is 0. The van der Waals surface area contributed by atoms with Gasteiger partial charge in [-0.15, -0.1) is 0 Å². The number of benzene rings is 1. The molecule has 0 saturated heterocycles. The zero-order valence-electron chi connectivity index (χ0n) is 11.3.